The molecule has 0 fully saturated rings. The first-order valence-electron chi connectivity index (χ1n) is 4.74. The van der Waals surface area contributed by atoms with Crippen molar-refractivity contribution in [1.82, 2.24) is 5.32 Å². The molecule has 0 saturated carbocycles. The predicted octanol–water partition coefficient (Wildman–Crippen LogP) is -0.254. The third-order valence-corrected chi connectivity index (χ3v) is 4.03. The number of hydrogen-bond donors (Lipinski definition) is 5. The van der Waals surface area contributed by atoms with Crippen molar-refractivity contribution in [1.29, 1.82) is 0 Å². The summed E-state index contributed by atoms with van der Waals surface area (Å²) in [5.41, 5.74) is 15.4. The van der Waals surface area contributed by atoms with Gasteiger partial charge in [-0.05, 0) is 22.0 Å². The molecule has 0 amide bonds. The Morgan fingerprint density at radius 2 is 2.18 bits per heavy atom. The summed E-state index contributed by atoms with van der Waals surface area (Å²) in [6.07, 6.45) is 0.234. The summed E-state index contributed by atoms with van der Waals surface area (Å²) in [4.78, 5) is 4.84. The molecule has 1 aromatic heterocycles. The molecular weight excluding hydrogens is 306 g/mol. The Balaban J connectivity index is 2.31. The first-order valence-corrected chi connectivity index (χ1v) is 6.41. The van der Waals surface area contributed by atoms with Crippen molar-refractivity contribution < 1.29 is 5.11 Å². The minimum Gasteiger partial charge on any atom is -0.395 e. The Morgan fingerprint density at radius 3 is 2.76 bits per heavy atom. The lowest BCUT2D eigenvalue weighted by atomic mass is 10.0. The summed E-state index contributed by atoms with van der Waals surface area (Å²) in [7, 11) is 0. The third kappa shape index (κ3) is 2.38. The van der Waals surface area contributed by atoms with Crippen LogP contribution in [0.25, 0.3) is 0 Å². The second kappa shape index (κ2) is 4.21. The Kier molecular flexibility index (Phi) is 3.02. The molecule has 8 N–H and O–H groups in total. The number of nitrogens with zero attached hydrogens (tertiary/aromatic N) is 1. The van der Waals surface area contributed by atoms with Gasteiger partial charge >= 0.3 is 0 Å². The topological polar surface area (TPSA) is 123 Å². The van der Waals surface area contributed by atoms with Gasteiger partial charge in [-0.15, -0.1) is 11.3 Å². The van der Waals surface area contributed by atoms with Gasteiger partial charge in [0.05, 0.1) is 0 Å². The molecule has 1 aliphatic heterocycles. The average Bonchev–Trinajstić information content (AvgIpc) is 2.60. The molecule has 1 atom stereocenters. The van der Waals surface area contributed by atoms with Crippen molar-refractivity contribution >= 4 is 33.2 Å². The van der Waals surface area contributed by atoms with E-state index in [0.717, 1.165) is 9.35 Å². The molecule has 2 heterocycles. The quantitative estimate of drug-likeness (QED) is 0.514. The summed E-state index contributed by atoms with van der Waals surface area (Å²) >= 11 is 4.83. The number of hydrogen-bond acceptors (Lipinski definition) is 7. The van der Waals surface area contributed by atoms with Crippen LogP contribution in [-0.2, 0) is 6.42 Å². The minimum atomic E-state index is -1.58. The molecule has 0 saturated heterocycles. The van der Waals surface area contributed by atoms with Crippen molar-refractivity contribution in [3.05, 3.63) is 32.3 Å². The van der Waals surface area contributed by atoms with E-state index in [1.807, 2.05) is 11.4 Å². The van der Waals surface area contributed by atoms with E-state index in [9.17, 15) is 5.11 Å². The highest BCUT2D eigenvalue weighted by atomic mass is 79.9. The molecule has 0 spiro atoms. The number of aliphatic imine (C=N–C) groups is 1. The van der Waals surface area contributed by atoms with Crippen molar-refractivity contribution in [3.63, 3.8) is 0 Å². The zero-order valence-corrected chi connectivity index (χ0v) is 11.2. The highest BCUT2D eigenvalue weighted by molar-refractivity contribution is 9.10. The van der Waals surface area contributed by atoms with Gasteiger partial charge in [-0.2, -0.15) is 0 Å². The summed E-state index contributed by atoms with van der Waals surface area (Å²) < 4.78 is 0.947. The molecule has 1 aliphatic rings. The monoisotopic (exact) mass is 317 g/mol. The van der Waals surface area contributed by atoms with Gasteiger partial charge in [-0.25, -0.2) is 4.99 Å². The lowest BCUT2D eigenvalue weighted by Crippen LogP contribution is -2.50. The Hall–Kier alpha value is -1.25. The minimum absolute atomic E-state index is 0.0508. The number of halogens is 1. The largest absolute Gasteiger partial charge is 0.395 e. The second-order valence-corrected chi connectivity index (χ2v) is 5.59. The predicted molar refractivity (Wildman–Crippen MR) is 70.8 cm³/mol. The fourth-order valence-electron chi connectivity index (χ4n) is 1.53. The van der Waals surface area contributed by atoms with E-state index in [4.69, 9.17) is 17.2 Å². The molecule has 0 bridgehead atoms. The molecular formula is C9H12BrN5OS. The molecule has 92 valence electrons. The van der Waals surface area contributed by atoms with E-state index in [1.54, 1.807) is 0 Å². The van der Waals surface area contributed by atoms with Gasteiger partial charge in [0.15, 0.2) is 5.96 Å². The van der Waals surface area contributed by atoms with Gasteiger partial charge in [-0.3, -0.25) is 0 Å². The van der Waals surface area contributed by atoms with Crippen LogP contribution in [0.1, 0.15) is 4.88 Å². The number of thiophene rings is 1. The molecule has 2 rings (SSSR count). The Morgan fingerprint density at radius 1 is 1.47 bits per heavy atom. The first-order chi connectivity index (χ1) is 7.90. The van der Waals surface area contributed by atoms with E-state index < -0.39 is 5.72 Å². The van der Waals surface area contributed by atoms with Crippen molar-refractivity contribution in [2.75, 3.05) is 0 Å². The van der Waals surface area contributed by atoms with Crippen LogP contribution < -0.4 is 22.5 Å². The number of nitrogens with one attached hydrogen (secondary N) is 1. The molecule has 1 aromatic rings. The van der Waals surface area contributed by atoms with E-state index in [0.29, 0.717) is 0 Å². The normalized spacial score (nSPS) is 24.5. The van der Waals surface area contributed by atoms with Gasteiger partial charge < -0.3 is 27.6 Å². The van der Waals surface area contributed by atoms with Crippen molar-refractivity contribution in [3.8, 4) is 0 Å². The van der Waals surface area contributed by atoms with Crippen LogP contribution in [0, 0.1) is 0 Å². The van der Waals surface area contributed by atoms with Crippen LogP contribution in [0.2, 0.25) is 0 Å². The van der Waals surface area contributed by atoms with Gasteiger partial charge in [0.1, 0.15) is 11.5 Å². The van der Waals surface area contributed by atoms with Gasteiger partial charge in [-0.1, -0.05) is 0 Å². The van der Waals surface area contributed by atoms with Crippen molar-refractivity contribution in [2.45, 2.75) is 12.1 Å². The summed E-state index contributed by atoms with van der Waals surface area (Å²) in [5.74, 6) is 0.186. The molecule has 0 aliphatic carbocycles. The molecule has 1 unspecified atom stereocenters. The molecule has 0 radical (unpaired) electrons. The van der Waals surface area contributed by atoms with E-state index in [1.165, 1.54) is 11.3 Å². The SMILES string of the molecule is NC1=NC(O)(Cc2cc(Br)cs2)C(N)=C(N)N1. The van der Waals surface area contributed by atoms with Crippen LogP contribution >= 0.6 is 27.3 Å². The summed E-state index contributed by atoms with van der Waals surface area (Å²) in [5, 5.41) is 14.8. The van der Waals surface area contributed by atoms with Gasteiger partial charge in [0, 0.05) is 21.2 Å². The van der Waals surface area contributed by atoms with E-state index in [-0.39, 0.29) is 23.9 Å². The van der Waals surface area contributed by atoms with Gasteiger partial charge in [0.2, 0.25) is 5.72 Å². The maximum absolute atomic E-state index is 10.4. The Labute approximate surface area is 110 Å². The lowest BCUT2D eigenvalue weighted by Gasteiger charge is -2.29. The first kappa shape index (κ1) is 12.2. The number of rotatable bonds is 2. The standard InChI is InChI=1S/C9H12BrN5OS/c10-4-1-5(17-3-4)2-9(16)6(11)7(12)14-8(13)15-9/h1,3,16H,2,11-12H2,(H3,13,14,15). The highest BCUT2D eigenvalue weighted by Crippen LogP contribution is 2.28. The average molecular weight is 318 g/mol. The zero-order valence-electron chi connectivity index (χ0n) is 8.77. The highest BCUT2D eigenvalue weighted by Gasteiger charge is 2.35. The van der Waals surface area contributed by atoms with Crippen LogP contribution in [0.5, 0.6) is 0 Å². The maximum Gasteiger partial charge on any atom is 0.208 e. The van der Waals surface area contributed by atoms with Gasteiger partial charge in [0.25, 0.3) is 0 Å². The van der Waals surface area contributed by atoms with Crippen LogP contribution in [0.3, 0.4) is 0 Å². The Bertz CT molecular complexity index is 511. The molecule has 17 heavy (non-hydrogen) atoms. The maximum atomic E-state index is 10.4. The molecule has 0 aromatic carbocycles. The van der Waals surface area contributed by atoms with Crippen LogP contribution in [0.4, 0.5) is 0 Å². The fourth-order valence-corrected chi connectivity index (χ4v) is 3.05. The van der Waals surface area contributed by atoms with E-state index in [2.05, 4.69) is 26.2 Å². The summed E-state index contributed by atoms with van der Waals surface area (Å²) in [6, 6.07) is 1.89. The van der Waals surface area contributed by atoms with Crippen LogP contribution in [0.15, 0.2) is 32.4 Å². The zero-order chi connectivity index (χ0) is 12.6. The lowest BCUT2D eigenvalue weighted by molar-refractivity contribution is 0.0834. The smallest absolute Gasteiger partial charge is 0.208 e. The third-order valence-electron chi connectivity index (χ3n) is 2.33. The fraction of sp³-hybridized carbons (Fsp3) is 0.222. The second-order valence-electron chi connectivity index (χ2n) is 3.67. The number of guanidine groups is 1. The number of nitrogens with two attached hydrogens (primary N) is 3. The summed E-state index contributed by atoms with van der Waals surface area (Å²) in [6.45, 7) is 0. The van der Waals surface area contributed by atoms with Crippen LogP contribution in [-0.4, -0.2) is 16.8 Å². The van der Waals surface area contributed by atoms with Crippen molar-refractivity contribution in [2.24, 2.45) is 22.2 Å². The molecule has 6 nitrogen and oxygen atoms in total. The van der Waals surface area contributed by atoms with E-state index >= 15 is 0 Å². The number of aliphatic hydroxyl groups is 1. The molecule has 8 heteroatoms.